The van der Waals surface area contributed by atoms with Crippen molar-refractivity contribution < 1.29 is 14.6 Å². The monoisotopic (exact) mass is 533 g/mol. The molecule has 10 unspecified atom stereocenters. The zero-order valence-electron chi connectivity index (χ0n) is 25.0. The summed E-state index contributed by atoms with van der Waals surface area (Å²) in [6.07, 6.45) is 14.7. The van der Waals surface area contributed by atoms with E-state index in [0.29, 0.717) is 41.5 Å². The van der Waals surface area contributed by atoms with E-state index in [1.807, 2.05) is 0 Å². The van der Waals surface area contributed by atoms with E-state index in [1.165, 1.54) is 52.1 Å². The largest absolute Gasteiger partial charge is 0.469 e. The molecule has 220 valence electrons. The molecule has 6 nitrogen and oxygen atoms in total. The fourth-order valence-electron chi connectivity index (χ4n) is 10.1. The van der Waals surface area contributed by atoms with E-state index in [0.717, 1.165) is 70.1 Å². The van der Waals surface area contributed by atoms with Crippen LogP contribution in [0.5, 0.6) is 0 Å². The van der Waals surface area contributed by atoms with Gasteiger partial charge >= 0.3 is 5.97 Å². The summed E-state index contributed by atoms with van der Waals surface area (Å²) in [6, 6.07) is 0.553. The molecule has 4 saturated carbocycles. The molecule has 0 aromatic heterocycles. The van der Waals surface area contributed by atoms with Gasteiger partial charge in [-0.1, -0.05) is 20.8 Å². The van der Waals surface area contributed by atoms with Crippen LogP contribution in [0.4, 0.5) is 0 Å². The second-order valence-corrected chi connectivity index (χ2v) is 14.1. The van der Waals surface area contributed by atoms with Crippen molar-refractivity contribution in [2.75, 3.05) is 33.3 Å². The summed E-state index contributed by atoms with van der Waals surface area (Å²) < 4.78 is 4.92. The first kappa shape index (κ1) is 30.3. The number of carbonyl (C=O) groups excluding carboxylic acids is 1. The number of methoxy groups -OCH3 is 1. The fourth-order valence-corrected chi connectivity index (χ4v) is 10.1. The SMILES string of the molecule is COC(=O)CCC(C)C1CCC2C3CC(O)C4CC(NCCCNCCCCN)CCC4(C)C3CCC12C. The number of nitrogens with one attached hydrogen (secondary N) is 2. The third-order valence-electron chi connectivity index (χ3n) is 12.2. The molecule has 0 aliphatic heterocycles. The Morgan fingerprint density at radius 1 is 0.974 bits per heavy atom. The third kappa shape index (κ3) is 6.29. The smallest absolute Gasteiger partial charge is 0.305 e. The van der Waals surface area contributed by atoms with Crippen molar-refractivity contribution in [3.8, 4) is 0 Å². The number of nitrogens with two attached hydrogens (primary N) is 1. The Labute approximate surface area is 233 Å². The van der Waals surface area contributed by atoms with Gasteiger partial charge < -0.3 is 26.2 Å². The van der Waals surface area contributed by atoms with Crippen molar-refractivity contribution in [1.82, 2.24) is 10.6 Å². The molecule has 4 aliphatic carbocycles. The molecule has 10 atom stereocenters. The van der Waals surface area contributed by atoms with Gasteiger partial charge in [-0.3, -0.25) is 4.79 Å². The van der Waals surface area contributed by atoms with E-state index in [9.17, 15) is 9.90 Å². The molecule has 6 heteroatoms. The summed E-state index contributed by atoms with van der Waals surface area (Å²) in [5.74, 6) is 3.76. The van der Waals surface area contributed by atoms with Gasteiger partial charge in [-0.15, -0.1) is 0 Å². The lowest BCUT2D eigenvalue weighted by molar-refractivity contribution is -0.162. The lowest BCUT2D eigenvalue weighted by atomic mass is 9.43. The molecule has 0 amide bonds. The van der Waals surface area contributed by atoms with E-state index in [-0.39, 0.29) is 17.5 Å². The first-order valence-electron chi connectivity index (χ1n) is 16.1. The molecule has 38 heavy (non-hydrogen) atoms. The molecule has 0 bridgehead atoms. The number of aliphatic hydroxyl groups is 1. The zero-order valence-corrected chi connectivity index (χ0v) is 25.0. The minimum absolute atomic E-state index is 0.0743. The van der Waals surface area contributed by atoms with Gasteiger partial charge in [0.05, 0.1) is 13.2 Å². The van der Waals surface area contributed by atoms with Crippen LogP contribution in [0.15, 0.2) is 0 Å². The van der Waals surface area contributed by atoms with Crippen LogP contribution in [0, 0.1) is 46.3 Å². The molecule has 0 aromatic carbocycles. The quantitative estimate of drug-likeness (QED) is 0.199. The normalized spacial score (nSPS) is 41.2. The lowest BCUT2D eigenvalue weighted by Gasteiger charge is -2.62. The van der Waals surface area contributed by atoms with Crippen molar-refractivity contribution in [2.45, 2.75) is 116 Å². The van der Waals surface area contributed by atoms with E-state index in [1.54, 1.807) is 0 Å². The molecule has 4 rings (SSSR count). The van der Waals surface area contributed by atoms with Crippen LogP contribution in [0.2, 0.25) is 0 Å². The van der Waals surface area contributed by atoms with Gasteiger partial charge in [-0.2, -0.15) is 0 Å². The summed E-state index contributed by atoms with van der Waals surface area (Å²) in [5.41, 5.74) is 6.21. The van der Waals surface area contributed by atoms with Crippen LogP contribution < -0.4 is 16.4 Å². The van der Waals surface area contributed by atoms with Gasteiger partial charge in [-0.05, 0) is 150 Å². The minimum Gasteiger partial charge on any atom is -0.469 e. The first-order chi connectivity index (χ1) is 18.2. The second-order valence-electron chi connectivity index (χ2n) is 14.1. The lowest BCUT2D eigenvalue weighted by Crippen LogP contribution is -2.59. The van der Waals surface area contributed by atoms with E-state index in [2.05, 4.69) is 31.4 Å². The highest BCUT2D eigenvalue weighted by molar-refractivity contribution is 5.69. The Balaban J connectivity index is 1.31. The highest BCUT2D eigenvalue weighted by Crippen LogP contribution is 2.68. The number of rotatable bonds is 13. The number of aliphatic hydroxyl groups excluding tert-OH is 1. The van der Waals surface area contributed by atoms with E-state index in [4.69, 9.17) is 10.5 Å². The average Bonchev–Trinajstić information content (AvgIpc) is 3.26. The Kier molecular flexibility index (Phi) is 10.6. The average molecular weight is 534 g/mol. The predicted molar refractivity (Wildman–Crippen MR) is 155 cm³/mol. The molecule has 5 N–H and O–H groups in total. The summed E-state index contributed by atoms with van der Waals surface area (Å²) in [7, 11) is 1.50. The Morgan fingerprint density at radius 2 is 1.71 bits per heavy atom. The predicted octanol–water partition coefficient (Wildman–Crippen LogP) is 4.88. The van der Waals surface area contributed by atoms with Gasteiger partial charge in [-0.25, -0.2) is 0 Å². The van der Waals surface area contributed by atoms with Gasteiger partial charge in [0.15, 0.2) is 0 Å². The molecule has 4 fully saturated rings. The van der Waals surface area contributed by atoms with Gasteiger partial charge in [0.2, 0.25) is 0 Å². The highest BCUT2D eigenvalue weighted by Gasteiger charge is 2.62. The van der Waals surface area contributed by atoms with Crippen LogP contribution in [0.3, 0.4) is 0 Å². The topological polar surface area (TPSA) is 96.6 Å². The summed E-state index contributed by atoms with van der Waals surface area (Å²) in [5, 5.41) is 19.0. The first-order valence-corrected chi connectivity index (χ1v) is 16.1. The van der Waals surface area contributed by atoms with Gasteiger partial charge in [0.1, 0.15) is 0 Å². The molecule has 4 aliphatic rings. The molecule has 0 spiro atoms. The van der Waals surface area contributed by atoms with Crippen LogP contribution in [0.25, 0.3) is 0 Å². The van der Waals surface area contributed by atoms with Crippen molar-refractivity contribution in [3.63, 3.8) is 0 Å². The number of fused-ring (bicyclic) bond motifs is 5. The van der Waals surface area contributed by atoms with Crippen LogP contribution in [0.1, 0.15) is 104 Å². The maximum atomic E-state index is 11.8. The number of unbranched alkanes of at least 4 members (excludes halogenated alkanes) is 1. The van der Waals surface area contributed by atoms with E-state index >= 15 is 0 Å². The van der Waals surface area contributed by atoms with Crippen LogP contribution >= 0.6 is 0 Å². The van der Waals surface area contributed by atoms with Crippen molar-refractivity contribution in [1.29, 1.82) is 0 Å². The number of hydrogen-bond donors (Lipinski definition) is 4. The van der Waals surface area contributed by atoms with Crippen LogP contribution in [-0.2, 0) is 9.53 Å². The Bertz CT molecular complexity index is 764. The third-order valence-corrected chi connectivity index (χ3v) is 12.2. The summed E-state index contributed by atoms with van der Waals surface area (Å²) in [6.45, 7) is 11.5. The highest BCUT2D eigenvalue weighted by atomic mass is 16.5. The maximum absolute atomic E-state index is 11.8. The minimum atomic E-state index is -0.159. The molecular weight excluding hydrogens is 474 g/mol. The number of esters is 1. The van der Waals surface area contributed by atoms with Gasteiger partial charge in [0, 0.05) is 12.5 Å². The summed E-state index contributed by atoms with van der Waals surface area (Å²) >= 11 is 0. The molecule has 0 heterocycles. The van der Waals surface area contributed by atoms with E-state index < -0.39 is 0 Å². The molecule has 0 radical (unpaired) electrons. The number of ether oxygens (including phenoxy) is 1. The maximum Gasteiger partial charge on any atom is 0.305 e. The van der Waals surface area contributed by atoms with Crippen LogP contribution in [-0.4, -0.2) is 56.5 Å². The number of hydrogen-bond acceptors (Lipinski definition) is 6. The summed E-state index contributed by atoms with van der Waals surface area (Å²) in [4.78, 5) is 11.8. The molecule has 0 aromatic rings. The molecule has 0 saturated heterocycles. The fraction of sp³-hybridized carbons (Fsp3) is 0.969. The standard InChI is InChI=1S/C32H59N3O3/c1-22(8-11-30(37)38-4)25-9-10-26-24-21-29(36)28-20-23(35-19-7-18-34-17-6-5-16-33)12-14-32(28,3)27(24)13-15-31(25,26)2/h22-29,34-36H,5-21,33H2,1-4H3. The van der Waals surface area contributed by atoms with Crippen molar-refractivity contribution in [3.05, 3.63) is 0 Å². The van der Waals surface area contributed by atoms with Crippen molar-refractivity contribution in [2.24, 2.45) is 52.1 Å². The number of carbonyl (C=O) groups is 1. The van der Waals surface area contributed by atoms with Gasteiger partial charge in [0.25, 0.3) is 0 Å². The Morgan fingerprint density at radius 3 is 2.47 bits per heavy atom. The zero-order chi connectivity index (χ0) is 27.3. The van der Waals surface area contributed by atoms with Crippen molar-refractivity contribution >= 4 is 5.97 Å². The molecular formula is C32H59N3O3. The second kappa shape index (κ2) is 13.3. The Hall–Kier alpha value is -0.690.